The van der Waals surface area contributed by atoms with Crippen molar-refractivity contribution in [2.45, 2.75) is 31.7 Å². The molecule has 5 heteroatoms. The molecule has 1 aromatic rings. The predicted molar refractivity (Wildman–Crippen MR) is 70.6 cm³/mol. The van der Waals surface area contributed by atoms with Crippen LogP contribution in [-0.4, -0.2) is 34.7 Å². The van der Waals surface area contributed by atoms with Crippen LogP contribution in [0.4, 0.5) is 0 Å². The third-order valence-corrected chi connectivity index (χ3v) is 2.73. The van der Waals surface area contributed by atoms with Crippen molar-refractivity contribution < 1.29 is 19.8 Å². The standard InChI is InChI=1S/C14H19NO4/c16-9-5-4-8-13(17)15-12(14(18)19)10-11-6-2-1-3-7-11/h1-3,6-7,12,16H,4-5,8-10H2,(H,15,17)(H,18,19)/t12-/m0/s1. The van der Waals surface area contributed by atoms with Gasteiger partial charge in [-0.15, -0.1) is 0 Å². The smallest absolute Gasteiger partial charge is 0.326 e. The summed E-state index contributed by atoms with van der Waals surface area (Å²) in [6, 6.07) is 8.26. The fourth-order valence-corrected chi connectivity index (χ4v) is 1.71. The molecule has 0 radical (unpaired) electrons. The van der Waals surface area contributed by atoms with Crippen molar-refractivity contribution in [1.29, 1.82) is 0 Å². The Morgan fingerprint density at radius 3 is 2.42 bits per heavy atom. The fourth-order valence-electron chi connectivity index (χ4n) is 1.71. The zero-order chi connectivity index (χ0) is 14.1. The lowest BCUT2D eigenvalue weighted by Crippen LogP contribution is -2.42. The Labute approximate surface area is 112 Å². The summed E-state index contributed by atoms with van der Waals surface area (Å²) in [6.07, 6.45) is 1.60. The number of unbranched alkanes of at least 4 members (excludes halogenated alkanes) is 1. The van der Waals surface area contributed by atoms with E-state index in [2.05, 4.69) is 5.32 Å². The minimum Gasteiger partial charge on any atom is -0.480 e. The van der Waals surface area contributed by atoms with Crippen molar-refractivity contribution in [1.82, 2.24) is 5.32 Å². The molecule has 0 aliphatic rings. The highest BCUT2D eigenvalue weighted by Gasteiger charge is 2.19. The highest BCUT2D eigenvalue weighted by atomic mass is 16.4. The van der Waals surface area contributed by atoms with Gasteiger partial charge in [-0.05, 0) is 18.4 Å². The molecule has 0 aromatic heterocycles. The van der Waals surface area contributed by atoms with Crippen molar-refractivity contribution in [3.8, 4) is 0 Å². The number of carbonyl (C=O) groups is 2. The number of hydrogen-bond donors (Lipinski definition) is 3. The van der Waals surface area contributed by atoms with Crippen molar-refractivity contribution in [2.24, 2.45) is 0 Å². The monoisotopic (exact) mass is 265 g/mol. The number of rotatable bonds is 8. The molecule has 0 bridgehead atoms. The summed E-state index contributed by atoms with van der Waals surface area (Å²) in [5, 5.41) is 20.2. The molecule has 0 saturated heterocycles. The van der Waals surface area contributed by atoms with Crippen LogP contribution < -0.4 is 5.32 Å². The first-order valence-corrected chi connectivity index (χ1v) is 6.30. The van der Waals surface area contributed by atoms with Gasteiger partial charge in [0.15, 0.2) is 0 Å². The minimum absolute atomic E-state index is 0.0413. The van der Waals surface area contributed by atoms with Crippen LogP contribution >= 0.6 is 0 Å². The maximum Gasteiger partial charge on any atom is 0.326 e. The molecule has 5 nitrogen and oxygen atoms in total. The highest BCUT2D eigenvalue weighted by molar-refractivity contribution is 5.83. The van der Waals surface area contributed by atoms with E-state index in [1.54, 1.807) is 0 Å². The van der Waals surface area contributed by atoms with Gasteiger partial charge in [-0.3, -0.25) is 4.79 Å². The van der Waals surface area contributed by atoms with Crippen LogP contribution in [0.2, 0.25) is 0 Å². The third kappa shape index (κ3) is 6.01. The zero-order valence-electron chi connectivity index (χ0n) is 10.7. The topological polar surface area (TPSA) is 86.6 Å². The summed E-state index contributed by atoms with van der Waals surface area (Å²) < 4.78 is 0. The molecule has 1 amide bonds. The number of aliphatic hydroxyl groups is 1. The van der Waals surface area contributed by atoms with Crippen LogP contribution in [0.1, 0.15) is 24.8 Å². The van der Waals surface area contributed by atoms with Crippen LogP contribution in [0.15, 0.2) is 30.3 Å². The first kappa shape index (κ1) is 15.2. The first-order valence-electron chi connectivity index (χ1n) is 6.30. The van der Waals surface area contributed by atoms with Gasteiger partial charge in [0.05, 0.1) is 0 Å². The molecule has 0 spiro atoms. The van der Waals surface area contributed by atoms with Gasteiger partial charge in [-0.25, -0.2) is 4.79 Å². The van der Waals surface area contributed by atoms with Gasteiger partial charge >= 0.3 is 5.97 Å². The van der Waals surface area contributed by atoms with E-state index in [1.807, 2.05) is 30.3 Å². The van der Waals surface area contributed by atoms with Gasteiger partial charge in [0.1, 0.15) is 6.04 Å². The van der Waals surface area contributed by atoms with Gasteiger partial charge in [0.25, 0.3) is 0 Å². The number of hydrogen-bond acceptors (Lipinski definition) is 3. The average molecular weight is 265 g/mol. The van der Waals surface area contributed by atoms with Crippen LogP contribution in [0.5, 0.6) is 0 Å². The van der Waals surface area contributed by atoms with E-state index < -0.39 is 12.0 Å². The van der Waals surface area contributed by atoms with E-state index in [0.29, 0.717) is 12.8 Å². The van der Waals surface area contributed by atoms with Crippen LogP contribution in [-0.2, 0) is 16.0 Å². The molecule has 3 N–H and O–H groups in total. The lowest BCUT2D eigenvalue weighted by molar-refractivity contribution is -0.141. The van der Waals surface area contributed by atoms with Crippen LogP contribution in [0, 0.1) is 0 Å². The minimum atomic E-state index is -1.04. The molecule has 104 valence electrons. The van der Waals surface area contributed by atoms with Gasteiger partial charge in [-0.2, -0.15) is 0 Å². The maximum absolute atomic E-state index is 11.6. The van der Waals surface area contributed by atoms with Gasteiger partial charge in [-0.1, -0.05) is 30.3 Å². The summed E-state index contributed by atoms with van der Waals surface area (Å²) in [4.78, 5) is 22.7. The summed E-state index contributed by atoms with van der Waals surface area (Å²) in [7, 11) is 0. The van der Waals surface area contributed by atoms with Crippen LogP contribution in [0.25, 0.3) is 0 Å². The molecule has 1 aromatic carbocycles. The van der Waals surface area contributed by atoms with Gasteiger partial charge < -0.3 is 15.5 Å². The molecule has 1 rings (SSSR count). The Morgan fingerprint density at radius 2 is 1.84 bits per heavy atom. The molecular formula is C14H19NO4. The summed E-state index contributed by atoms with van der Waals surface area (Å²) >= 11 is 0. The normalized spacial score (nSPS) is 11.8. The third-order valence-electron chi connectivity index (χ3n) is 2.73. The molecule has 0 aliphatic heterocycles. The average Bonchev–Trinajstić information content (AvgIpc) is 2.39. The maximum atomic E-state index is 11.6. The molecule has 19 heavy (non-hydrogen) atoms. The van der Waals surface area contributed by atoms with E-state index >= 15 is 0 Å². The van der Waals surface area contributed by atoms with Gasteiger partial charge in [0, 0.05) is 19.4 Å². The van der Waals surface area contributed by atoms with Crippen LogP contribution in [0.3, 0.4) is 0 Å². The number of carboxylic acid groups (broad SMARTS) is 1. The molecule has 0 heterocycles. The molecule has 0 saturated carbocycles. The fraction of sp³-hybridized carbons (Fsp3) is 0.429. The Morgan fingerprint density at radius 1 is 1.16 bits per heavy atom. The Kier molecular flexibility index (Phi) is 6.60. The van der Waals surface area contributed by atoms with E-state index in [9.17, 15) is 9.59 Å². The van der Waals surface area contributed by atoms with Crippen molar-refractivity contribution in [2.75, 3.05) is 6.61 Å². The highest BCUT2D eigenvalue weighted by Crippen LogP contribution is 2.04. The lowest BCUT2D eigenvalue weighted by atomic mass is 10.1. The van der Waals surface area contributed by atoms with Crippen molar-refractivity contribution in [3.05, 3.63) is 35.9 Å². The zero-order valence-corrected chi connectivity index (χ0v) is 10.7. The number of aliphatic carboxylic acids is 1. The van der Waals surface area contributed by atoms with Gasteiger partial charge in [0.2, 0.25) is 5.91 Å². The van der Waals surface area contributed by atoms with E-state index in [0.717, 1.165) is 5.56 Å². The summed E-state index contributed by atoms with van der Waals surface area (Å²) in [5.74, 6) is -1.34. The summed E-state index contributed by atoms with van der Waals surface area (Å²) in [5.41, 5.74) is 0.866. The summed E-state index contributed by atoms with van der Waals surface area (Å²) in [6.45, 7) is 0.0413. The molecule has 1 atom stereocenters. The van der Waals surface area contributed by atoms with E-state index in [4.69, 9.17) is 10.2 Å². The quantitative estimate of drug-likeness (QED) is 0.611. The van der Waals surface area contributed by atoms with E-state index in [-0.39, 0.29) is 25.4 Å². The Bertz CT molecular complexity index is 405. The molecule has 0 aliphatic carbocycles. The number of benzene rings is 1. The number of carbonyl (C=O) groups excluding carboxylic acids is 1. The Hall–Kier alpha value is -1.88. The van der Waals surface area contributed by atoms with Crippen molar-refractivity contribution in [3.63, 3.8) is 0 Å². The number of aliphatic hydroxyl groups excluding tert-OH is 1. The second kappa shape index (κ2) is 8.26. The molecular weight excluding hydrogens is 246 g/mol. The molecule has 0 fully saturated rings. The predicted octanol–water partition coefficient (Wildman–Crippen LogP) is 0.961. The Balaban J connectivity index is 2.49. The number of amides is 1. The second-order valence-corrected chi connectivity index (χ2v) is 4.33. The second-order valence-electron chi connectivity index (χ2n) is 4.33. The molecule has 0 unspecified atom stereocenters. The number of nitrogens with one attached hydrogen (secondary N) is 1. The number of carboxylic acids is 1. The lowest BCUT2D eigenvalue weighted by Gasteiger charge is -2.14. The SMILES string of the molecule is O=C(CCCCO)N[C@@H](Cc1ccccc1)C(=O)O. The largest absolute Gasteiger partial charge is 0.480 e. The van der Waals surface area contributed by atoms with E-state index in [1.165, 1.54) is 0 Å². The first-order chi connectivity index (χ1) is 9.13. The van der Waals surface area contributed by atoms with Crippen molar-refractivity contribution >= 4 is 11.9 Å².